The molecule has 1 rings (SSSR count). The maximum absolute atomic E-state index is 9.98. The molecule has 2 unspecified atom stereocenters. The van der Waals surface area contributed by atoms with Crippen molar-refractivity contribution in [1.82, 2.24) is 0 Å². The van der Waals surface area contributed by atoms with Gasteiger partial charge in [-0.2, -0.15) is 0 Å². The number of hydrogen-bond donors (Lipinski definition) is 1. The van der Waals surface area contributed by atoms with Crippen molar-refractivity contribution >= 4 is 22.6 Å². The topological polar surface area (TPSA) is 20.2 Å². The molecule has 1 aliphatic carbocycles. The molecule has 0 spiro atoms. The molecule has 0 saturated heterocycles. The summed E-state index contributed by atoms with van der Waals surface area (Å²) in [5, 5.41) is 9.98. The molecule has 0 amide bonds. The number of aliphatic hydroxyl groups is 1. The van der Waals surface area contributed by atoms with Crippen molar-refractivity contribution in [3.8, 4) is 0 Å². The van der Waals surface area contributed by atoms with Crippen LogP contribution in [0, 0.1) is 5.92 Å². The highest BCUT2D eigenvalue weighted by atomic mass is 127. The van der Waals surface area contributed by atoms with Gasteiger partial charge >= 0.3 is 0 Å². The monoisotopic (exact) mass is 294 g/mol. The highest BCUT2D eigenvalue weighted by molar-refractivity contribution is 14.1. The van der Waals surface area contributed by atoms with E-state index in [2.05, 4.69) is 33.6 Å². The van der Waals surface area contributed by atoms with E-state index in [0.29, 0.717) is 5.92 Å². The van der Waals surface area contributed by atoms with Crippen LogP contribution in [-0.4, -0.2) is 11.2 Å². The Morgan fingerprint density at radius 2 is 2.38 bits per heavy atom. The molecular formula is C11H19IO. The van der Waals surface area contributed by atoms with E-state index in [9.17, 15) is 5.11 Å². The van der Waals surface area contributed by atoms with Crippen molar-refractivity contribution in [2.45, 2.75) is 51.6 Å². The first-order valence-electron chi connectivity index (χ1n) is 5.26. The van der Waals surface area contributed by atoms with Gasteiger partial charge in [-0.05, 0) is 41.3 Å². The third kappa shape index (κ3) is 3.24. The number of unbranched alkanes of at least 4 members (excludes halogenated alkanes) is 1. The van der Waals surface area contributed by atoms with Gasteiger partial charge in [0.05, 0.1) is 6.10 Å². The highest BCUT2D eigenvalue weighted by Crippen LogP contribution is 2.32. The van der Waals surface area contributed by atoms with E-state index in [-0.39, 0.29) is 6.10 Å². The molecule has 13 heavy (non-hydrogen) atoms. The fourth-order valence-corrected chi connectivity index (χ4v) is 2.74. The van der Waals surface area contributed by atoms with Crippen molar-refractivity contribution in [2.75, 3.05) is 0 Å². The Morgan fingerprint density at radius 3 is 3.00 bits per heavy atom. The lowest BCUT2D eigenvalue weighted by Crippen LogP contribution is -2.26. The van der Waals surface area contributed by atoms with Gasteiger partial charge in [-0.25, -0.2) is 0 Å². The molecule has 0 radical (unpaired) electrons. The zero-order valence-electron chi connectivity index (χ0n) is 8.30. The van der Waals surface area contributed by atoms with Gasteiger partial charge in [-0.3, -0.25) is 0 Å². The molecule has 0 aromatic rings. The Morgan fingerprint density at radius 1 is 1.62 bits per heavy atom. The molecule has 1 nitrogen and oxygen atoms in total. The average Bonchev–Trinajstić information content (AvgIpc) is 2.16. The van der Waals surface area contributed by atoms with Gasteiger partial charge in [0.1, 0.15) is 0 Å². The van der Waals surface area contributed by atoms with E-state index >= 15 is 0 Å². The molecule has 2 atom stereocenters. The fraction of sp³-hybridized carbons (Fsp3) is 0.818. The van der Waals surface area contributed by atoms with Gasteiger partial charge in [0.2, 0.25) is 0 Å². The normalized spacial score (nSPS) is 32.4. The first-order valence-corrected chi connectivity index (χ1v) is 6.51. The quantitative estimate of drug-likeness (QED) is 0.788. The van der Waals surface area contributed by atoms with E-state index in [1.165, 1.54) is 37.7 Å². The highest BCUT2D eigenvalue weighted by Gasteiger charge is 2.25. The SMILES string of the molecule is CCCCC1CCCC(=CI)C1O. The first-order chi connectivity index (χ1) is 6.29. The molecule has 0 bridgehead atoms. The van der Waals surface area contributed by atoms with Gasteiger partial charge in [-0.1, -0.05) is 42.4 Å². The van der Waals surface area contributed by atoms with Crippen LogP contribution in [-0.2, 0) is 0 Å². The second kappa shape index (κ2) is 6.02. The molecular weight excluding hydrogens is 275 g/mol. The Labute approximate surface area is 94.7 Å². The van der Waals surface area contributed by atoms with Crippen molar-refractivity contribution in [2.24, 2.45) is 5.92 Å². The fourth-order valence-electron chi connectivity index (χ4n) is 2.06. The van der Waals surface area contributed by atoms with Crippen LogP contribution >= 0.6 is 22.6 Å². The Kier molecular flexibility index (Phi) is 5.32. The molecule has 0 aromatic carbocycles. The third-order valence-electron chi connectivity index (χ3n) is 2.94. The van der Waals surface area contributed by atoms with Gasteiger partial charge in [0.15, 0.2) is 0 Å². The maximum atomic E-state index is 9.98. The summed E-state index contributed by atoms with van der Waals surface area (Å²) in [7, 11) is 0. The lowest BCUT2D eigenvalue weighted by molar-refractivity contribution is 0.108. The van der Waals surface area contributed by atoms with Crippen LogP contribution in [0.25, 0.3) is 0 Å². The van der Waals surface area contributed by atoms with E-state index < -0.39 is 0 Å². The zero-order chi connectivity index (χ0) is 9.68. The Bertz CT molecular complexity index is 177. The van der Waals surface area contributed by atoms with Crippen LogP contribution in [0.5, 0.6) is 0 Å². The molecule has 0 heterocycles. The minimum atomic E-state index is -0.141. The van der Waals surface area contributed by atoms with E-state index in [0.717, 1.165) is 6.42 Å². The van der Waals surface area contributed by atoms with Gasteiger partial charge in [0.25, 0.3) is 0 Å². The summed E-state index contributed by atoms with van der Waals surface area (Å²) in [4.78, 5) is 0. The van der Waals surface area contributed by atoms with Crippen molar-refractivity contribution in [3.63, 3.8) is 0 Å². The van der Waals surface area contributed by atoms with E-state index in [4.69, 9.17) is 0 Å². The molecule has 0 aromatic heterocycles. The minimum absolute atomic E-state index is 0.141. The Balaban J connectivity index is 2.45. The summed E-state index contributed by atoms with van der Waals surface area (Å²) < 4.78 is 2.07. The third-order valence-corrected chi connectivity index (χ3v) is 3.74. The second-order valence-corrected chi connectivity index (χ2v) is 4.55. The van der Waals surface area contributed by atoms with E-state index in [1.807, 2.05) is 0 Å². The van der Waals surface area contributed by atoms with Crippen LogP contribution in [0.1, 0.15) is 45.4 Å². The van der Waals surface area contributed by atoms with Gasteiger partial charge < -0.3 is 5.11 Å². The summed E-state index contributed by atoms with van der Waals surface area (Å²) in [6, 6.07) is 0. The number of rotatable bonds is 3. The summed E-state index contributed by atoms with van der Waals surface area (Å²) >= 11 is 2.25. The smallest absolute Gasteiger partial charge is 0.0785 e. The zero-order valence-corrected chi connectivity index (χ0v) is 10.5. The summed E-state index contributed by atoms with van der Waals surface area (Å²) in [5.41, 5.74) is 1.26. The molecule has 1 saturated carbocycles. The van der Waals surface area contributed by atoms with Gasteiger partial charge in [-0.15, -0.1) is 0 Å². The lowest BCUT2D eigenvalue weighted by atomic mass is 9.81. The molecule has 0 aliphatic heterocycles. The summed E-state index contributed by atoms with van der Waals surface area (Å²) in [6.07, 6.45) is 7.15. The largest absolute Gasteiger partial charge is 0.388 e. The van der Waals surface area contributed by atoms with Crippen LogP contribution in [0.2, 0.25) is 0 Å². The number of aliphatic hydroxyl groups excluding tert-OH is 1. The molecule has 1 N–H and O–H groups in total. The van der Waals surface area contributed by atoms with Crippen molar-refractivity contribution < 1.29 is 5.11 Å². The minimum Gasteiger partial charge on any atom is -0.388 e. The molecule has 1 aliphatic rings. The van der Waals surface area contributed by atoms with Gasteiger partial charge in [0, 0.05) is 0 Å². The Hall–Kier alpha value is 0.430. The molecule has 1 fully saturated rings. The number of halogens is 1. The van der Waals surface area contributed by atoms with Crippen LogP contribution in [0.4, 0.5) is 0 Å². The maximum Gasteiger partial charge on any atom is 0.0785 e. The number of hydrogen-bond acceptors (Lipinski definition) is 1. The van der Waals surface area contributed by atoms with Crippen LogP contribution in [0.15, 0.2) is 9.66 Å². The molecule has 2 heteroatoms. The lowest BCUT2D eigenvalue weighted by Gasteiger charge is -2.29. The predicted octanol–water partition coefficient (Wildman–Crippen LogP) is 3.66. The molecule has 76 valence electrons. The van der Waals surface area contributed by atoms with Crippen molar-refractivity contribution in [3.05, 3.63) is 9.66 Å². The average molecular weight is 294 g/mol. The second-order valence-electron chi connectivity index (χ2n) is 3.92. The summed E-state index contributed by atoms with van der Waals surface area (Å²) in [6.45, 7) is 2.21. The standard InChI is InChI=1S/C11H19IO/c1-2-3-5-9-6-4-7-10(8-12)11(9)13/h8-9,11,13H,2-7H2,1H3. The van der Waals surface area contributed by atoms with Crippen LogP contribution < -0.4 is 0 Å². The van der Waals surface area contributed by atoms with E-state index in [1.54, 1.807) is 0 Å². The van der Waals surface area contributed by atoms with Crippen molar-refractivity contribution in [1.29, 1.82) is 0 Å². The predicted molar refractivity (Wildman–Crippen MR) is 65.0 cm³/mol. The summed E-state index contributed by atoms with van der Waals surface area (Å²) in [5.74, 6) is 0.537. The van der Waals surface area contributed by atoms with Crippen LogP contribution in [0.3, 0.4) is 0 Å². The first kappa shape index (κ1) is 11.5.